The Bertz CT molecular complexity index is 1830. The van der Waals surface area contributed by atoms with Crippen LogP contribution in [-0.2, 0) is 20.7 Å². The van der Waals surface area contributed by atoms with Crippen LogP contribution < -0.4 is 15.1 Å². The molecule has 316 valence electrons. The molecule has 0 unspecified atom stereocenters. The van der Waals surface area contributed by atoms with E-state index in [1.807, 2.05) is 74.5 Å². The second-order valence-corrected chi connectivity index (χ2v) is 23.8. The van der Waals surface area contributed by atoms with Crippen molar-refractivity contribution in [1.29, 1.82) is 0 Å². The van der Waals surface area contributed by atoms with Crippen LogP contribution in [0.15, 0.2) is 91.5 Å². The van der Waals surface area contributed by atoms with Gasteiger partial charge in [0.05, 0.1) is 6.04 Å². The Kier molecular flexibility index (Phi) is 15.7. The standard InChI is InChI=1S/C48H70N4O5Si/c1-14-27-51-31-35(5)52(32-34(51)4)43(39-21-18-22-40(30-39)57-58(12,13)48(9,10)11)37-23-25-38(26-24-37)44(53)49-41(29-36-19-16-15-17-20-36)45(54)50-42(28-33(2)3)46(55)56-47(6,7)8/h14-26,30,33-35,41-43H,1,27-29,31-32H2,2-13H3,(H,49,53)(H,50,54)/t34-,35+,41-,42-,43+/m0/s1. The predicted molar refractivity (Wildman–Crippen MR) is 239 cm³/mol. The molecule has 0 aromatic heterocycles. The summed E-state index contributed by atoms with van der Waals surface area (Å²) in [7, 11) is -2.09. The zero-order valence-corrected chi connectivity index (χ0v) is 38.2. The SMILES string of the molecule is C=CCN1C[C@@H](C)N([C@H](c2ccc(C(=O)N[C@@H](Cc3ccccc3)C(=O)N[C@@H](CC(C)C)C(=O)OC(C)(C)C)cc2)c2cccc(O[Si](C)(C)C(C)(C)C)c2)C[C@@H]1C. The van der Waals surface area contributed by atoms with E-state index in [9.17, 15) is 14.4 Å². The Morgan fingerprint density at radius 1 is 0.845 bits per heavy atom. The van der Waals surface area contributed by atoms with E-state index in [0.29, 0.717) is 18.0 Å². The molecule has 0 aliphatic carbocycles. The second-order valence-electron chi connectivity index (χ2n) is 19.0. The Balaban J connectivity index is 1.66. The fourth-order valence-electron chi connectivity index (χ4n) is 7.22. The van der Waals surface area contributed by atoms with Gasteiger partial charge in [-0.1, -0.05) is 95.3 Å². The molecule has 10 heteroatoms. The number of hydrogen-bond acceptors (Lipinski definition) is 7. The smallest absolute Gasteiger partial charge is 0.329 e. The molecule has 1 aliphatic rings. The summed E-state index contributed by atoms with van der Waals surface area (Å²) in [5.74, 6) is -0.309. The summed E-state index contributed by atoms with van der Waals surface area (Å²) in [5.41, 5.74) is 2.80. The van der Waals surface area contributed by atoms with Crippen molar-refractivity contribution in [3.05, 3.63) is 114 Å². The molecule has 5 atom stereocenters. The third kappa shape index (κ3) is 12.9. The Labute approximate surface area is 350 Å². The highest BCUT2D eigenvalue weighted by molar-refractivity contribution is 6.74. The lowest BCUT2D eigenvalue weighted by molar-refractivity contribution is -0.159. The van der Waals surface area contributed by atoms with Crippen LogP contribution in [0.25, 0.3) is 0 Å². The van der Waals surface area contributed by atoms with Gasteiger partial charge >= 0.3 is 5.97 Å². The van der Waals surface area contributed by atoms with Gasteiger partial charge in [0, 0.05) is 43.7 Å². The fourth-order valence-corrected chi connectivity index (χ4v) is 8.25. The molecule has 0 spiro atoms. The fraction of sp³-hybridized carbons (Fsp3) is 0.521. The predicted octanol–water partition coefficient (Wildman–Crippen LogP) is 8.95. The van der Waals surface area contributed by atoms with Crippen molar-refractivity contribution in [3.8, 4) is 5.75 Å². The van der Waals surface area contributed by atoms with Gasteiger partial charge in [-0.3, -0.25) is 19.4 Å². The van der Waals surface area contributed by atoms with Crippen LogP contribution in [-0.4, -0.2) is 85.3 Å². The Morgan fingerprint density at radius 3 is 2.09 bits per heavy atom. The number of carbonyl (C=O) groups excluding carboxylic acids is 3. The molecule has 0 radical (unpaired) electrons. The molecule has 1 saturated heterocycles. The van der Waals surface area contributed by atoms with E-state index >= 15 is 0 Å². The normalized spacial score (nSPS) is 18.5. The van der Waals surface area contributed by atoms with E-state index in [0.717, 1.165) is 42.1 Å². The highest BCUT2D eigenvalue weighted by Crippen LogP contribution is 2.39. The quantitative estimate of drug-likeness (QED) is 0.0847. The topological polar surface area (TPSA) is 100 Å². The molecule has 3 aromatic rings. The summed E-state index contributed by atoms with van der Waals surface area (Å²) in [6, 6.07) is 24.5. The minimum Gasteiger partial charge on any atom is -0.543 e. The van der Waals surface area contributed by atoms with Crippen LogP contribution in [0.1, 0.15) is 109 Å². The van der Waals surface area contributed by atoms with Crippen molar-refractivity contribution in [2.45, 2.75) is 136 Å². The van der Waals surface area contributed by atoms with Crippen molar-refractivity contribution in [2.24, 2.45) is 5.92 Å². The summed E-state index contributed by atoms with van der Waals surface area (Å²) < 4.78 is 12.5. The van der Waals surface area contributed by atoms with Crippen molar-refractivity contribution >= 4 is 26.1 Å². The molecule has 0 bridgehead atoms. The first kappa shape index (κ1) is 46.4. The number of piperazine rings is 1. The Morgan fingerprint density at radius 2 is 1.50 bits per heavy atom. The number of rotatable bonds is 16. The number of benzene rings is 3. The van der Waals surface area contributed by atoms with Crippen LogP contribution in [0.3, 0.4) is 0 Å². The molecule has 0 saturated carbocycles. The maximum absolute atomic E-state index is 14.0. The summed E-state index contributed by atoms with van der Waals surface area (Å²) in [5, 5.41) is 5.98. The van der Waals surface area contributed by atoms with Gasteiger partial charge in [-0.25, -0.2) is 4.79 Å². The lowest BCUT2D eigenvalue weighted by atomic mass is 9.92. The molecular formula is C48H70N4O5Si. The number of esters is 1. The number of nitrogens with zero attached hydrogens (tertiary/aromatic N) is 2. The van der Waals surface area contributed by atoms with E-state index in [1.165, 1.54) is 0 Å². The lowest BCUT2D eigenvalue weighted by Gasteiger charge is -2.47. The lowest BCUT2D eigenvalue weighted by Crippen LogP contribution is -2.57. The van der Waals surface area contributed by atoms with Crippen LogP contribution in [0.2, 0.25) is 18.1 Å². The van der Waals surface area contributed by atoms with Gasteiger partial charge in [0.15, 0.2) is 0 Å². The zero-order chi connectivity index (χ0) is 43.0. The van der Waals surface area contributed by atoms with Crippen LogP contribution in [0, 0.1) is 5.92 Å². The molecule has 1 heterocycles. The molecule has 2 N–H and O–H groups in total. The number of nitrogens with one attached hydrogen (secondary N) is 2. The molecular weight excluding hydrogens is 741 g/mol. The molecule has 1 fully saturated rings. The van der Waals surface area contributed by atoms with E-state index in [-0.39, 0.29) is 35.4 Å². The second kappa shape index (κ2) is 19.7. The highest BCUT2D eigenvalue weighted by atomic mass is 28.4. The van der Waals surface area contributed by atoms with Crippen molar-refractivity contribution in [3.63, 3.8) is 0 Å². The Hall–Kier alpha value is -4.25. The minimum atomic E-state index is -2.09. The van der Waals surface area contributed by atoms with Gasteiger partial charge in [-0.15, -0.1) is 6.58 Å². The van der Waals surface area contributed by atoms with Gasteiger partial charge in [0.25, 0.3) is 5.91 Å². The first-order valence-corrected chi connectivity index (χ1v) is 23.9. The maximum atomic E-state index is 14.0. The first-order valence-electron chi connectivity index (χ1n) is 21.0. The van der Waals surface area contributed by atoms with Gasteiger partial charge < -0.3 is 19.8 Å². The summed E-state index contributed by atoms with van der Waals surface area (Å²) >= 11 is 0. The van der Waals surface area contributed by atoms with Gasteiger partial charge in [-0.2, -0.15) is 0 Å². The average molecular weight is 811 g/mol. The van der Waals surface area contributed by atoms with Crippen molar-refractivity contribution < 1.29 is 23.5 Å². The maximum Gasteiger partial charge on any atom is 0.329 e. The third-order valence-corrected chi connectivity index (χ3v) is 15.7. The molecule has 4 rings (SSSR count). The molecule has 2 amide bonds. The summed E-state index contributed by atoms with van der Waals surface area (Å²) in [6.07, 6.45) is 2.63. The number of amides is 2. The first-order chi connectivity index (χ1) is 27.1. The zero-order valence-electron chi connectivity index (χ0n) is 37.2. The van der Waals surface area contributed by atoms with E-state index in [2.05, 4.69) is 99.0 Å². The van der Waals surface area contributed by atoms with Crippen molar-refractivity contribution in [2.75, 3.05) is 19.6 Å². The van der Waals surface area contributed by atoms with Crippen LogP contribution in [0.5, 0.6) is 5.75 Å². The largest absolute Gasteiger partial charge is 0.543 e. The molecule has 3 aromatic carbocycles. The number of carbonyl (C=O) groups is 3. The average Bonchev–Trinajstić information content (AvgIpc) is 3.12. The van der Waals surface area contributed by atoms with Gasteiger partial charge in [0.2, 0.25) is 14.2 Å². The van der Waals surface area contributed by atoms with E-state index in [4.69, 9.17) is 9.16 Å². The van der Waals surface area contributed by atoms with E-state index in [1.54, 1.807) is 20.8 Å². The van der Waals surface area contributed by atoms with E-state index < -0.39 is 37.9 Å². The number of hydrogen-bond donors (Lipinski definition) is 2. The van der Waals surface area contributed by atoms with Crippen LogP contribution >= 0.6 is 0 Å². The molecule has 9 nitrogen and oxygen atoms in total. The minimum absolute atomic E-state index is 0.0545. The van der Waals surface area contributed by atoms with Crippen LogP contribution in [0.4, 0.5) is 0 Å². The number of ether oxygens (including phenoxy) is 1. The van der Waals surface area contributed by atoms with Crippen molar-refractivity contribution in [1.82, 2.24) is 20.4 Å². The molecule has 58 heavy (non-hydrogen) atoms. The third-order valence-electron chi connectivity index (χ3n) is 11.3. The summed E-state index contributed by atoms with van der Waals surface area (Å²) in [6.45, 7) is 31.8. The molecule has 1 aliphatic heterocycles. The van der Waals surface area contributed by atoms with Gasteiger partial charge in [0.1, 0.15) is 23.4 Å². The monoisotopic (exact) mass is 811 g/mol. The summed E-state index contributed by atoms with van der Waals surface area (Å²) in [4.78, 5) is 46.3. The highest BCUT2D eigenvalue weighted by Gasteiger charge is 2.40. The van der Waals surface area contributed by atoms with Gasteiger partial charge in [-0.05, 0) is 106 Å².